The molecule has 1 aromatic heterocycles. The lowest BCUT2D eigenvalue weighted by Gasteiger charge is -2.11. The van der Waals surface area contributed by atoms with E-state index in [0.717, 1.165) is 29.3 Å². The zero-order valence-electron chi connectivity index (χ0n) is 11.2. The van der Waals surface area contributed by atoms with Crippen molar-refractivity contribution in [1.29, 1.82) is 0 Å². The maximum atomic E-state index is 12.1. The van der Waals surface area contributed by atoms with E-state index in [1.54, 1.807) is 18.2 Å². The Bertz CT molecular complexity index is 674. The van der Waals surface area contributed by atoms with Gasteiger partial charge in [-0.3, -0.25) is 0 Å². The van der Waals surface area contributed by atoms with E-state index in [9.17, 15) is 8.42 Å². The highest BCUT2D eigenvalue weighted by molar-refractivity contribution is 7.89. The highest BCUT2D eigenvalue weighted by Gasteiger charge is 2.18. The van der Waals surface area contributed by atoms with Gasteiger partial charge in [0.2, 0.25) is 10.0 Å². The third-order valence-electron chi connectivity index (χ3n) is 3.17. The van der Waals surface area contributed by atoms with E-state index >= 15 is 0 Å². The van der Waals surface area contributed by atoms with Gasteiger partial charge in [0, 0.05) is 31.2 Å². The lowest BCUT2D eigenvalue weighted by molar-refractivity contribution is 0.521. The van der Waals surface area contributed by atoms with E-state index in [4.69, 9.17) is 5.73 Å². The molecule has 0 aliphatic heterocycles. The van der Waals surface area contributed by atoms with Gasteiger partial charge in [-0.2, -0.15) is 0 Å². The highest BCUT2D eigenvalue weighted by atomic mass is 32.2. The van der Waals surface area contributed by atoms with E-state index in [2.05, 4.69) is 4.98 Å². The molecule has 0 radical (unpaired) electrons. The molecule has 1 aromatic carbocycles. The fourth-order valence-electron chi connectivity index (χ4n) is 2.03. The molecule has 0 amide bonds. The summed E-state index contributed by atoms with van der Waals surface area (Å²) < 4.78 is 25.5. The molecule has 2 aromatic rings. The van der Waals surface area contributed by atoms with E-state index < -0.39 is 10.0 Å². The average molecular weight is 281 g/mol. The summed E-state index contributed by atoms with van der Waals surface area (Å²) in [4.78, 5) is 3.47. The summed E-state index contributed by atoms with van der Waals surface area (Å²) in [6.45, 7) is 0.627. The minimum absolute atomic E-state index is 0.318. The number of nitrogens with two attached hydrogens (primary N) is 1. The summed E-state index contributed by atoms with van der Waals surface area (Å²) in [5, 5.41) is 0.955. The Morgan fingerprint density at radius 1 is 1.32 bits per heavy atom. The van der Waals surface area contributed by atoms with Crippen LogP contribution < -0.4 is 5.73 Å². The third-order valence-corrected chi connectivity index (χ3v) is 4.98. The van der Waals surface area contributed by atoms with Crippen molar-refractivity contribution in [2.45, 2.75) is 17.7 Å². The summed E-state index contributed by atoms with van der Waals surface area (Å²) in [5.74, 6) is 0. The standard InChI is InChI=1S/C13H19N3O2S/c1-16(2)19(17,18)11-5-6-13-12(8-11)10(9-15-13)4-3-7-14/h5-6,8-9,15H,3-4,7,14H2,1-2H3. The second-order valence-electron chi connectivity index (χ2n) is 4.70. The van der Waals surface area contributed by atoms with Crippen LogP contribution in [0.25, 0.3) is 10.9 Å². The normalized spacial score (nSPS) is 12.4. The minimum Gasteiger partial charge on any atom is -0.361 e. The van der Waals surface area contributed by atoms with Gasteiger partial charge < -0.3 is 10.7 Å². The van der Waals surface area contributed by atoms with Crippen LogP contribution in [0.5, 0.6) is 0 Å². The van der Waals surface area contributed by atoms with E-state index in [-0.39, 0.29) is 0 Å². The average Bonchev–Trinajstić information content (AvgIpc) is 2.78. The Balaban J connectivity index is 2.50. The molecule has 2 rings (SSSR count). The molecule has 3 N–H and O–H groups in total. The lowest BCUT2D eigenvalue weighted by atomic mass is 10.1. The van der Waals surface area contributed by atoms with Gasteiger partial charge in [-0.25, -0.2) is 12.7 Å². The molecule has 5 nitrogen and oxygen atoms in total. The summed E-state index contributed by atoms with van der Waals surface area (Å²) in [6, 6.07) is 5.16. The Morgan fingerprint density at radius 3 is 2.68 bits per heavy atom. The van der Waals surface area contributed by atoms with Gasteiger partial charge in [-0.1, -0.05) is 0 Å². The number of nitrogens with zero attached hydrogens (tertiary/aromatic N) is 1. The van der Waals surface area contributed by atoms with Crippen LogP contribution in [0.2, 0.25) is 0 Å². The number of benzene rings is 1. The van der Waals surface area contributed by atoms with Crippen molar-refractivity contribution in [1.82, 2.24) is 9.29 Å². The smallest absolute Gasteiger partial charge is 0.242 e. The molecule has 104 valence electrons. The monoisotopic (exact) mass is 281 g/mol. The second-order valence-corrected chi connectivity index (χ2v) is 6.85. The third kappa shape index (κ3) is 2.65. The Morgan fingerprint density at radius 2 is 2.05 bits per heavy atom. The molecular formula is C13H19N3O2S. The number of aromatic amines is 1. The van der Waals surface area contributed by atoms with E-state index in [1.807, 2.05) is 6.20 Å². The molecule has 0 saturated heterocycles. The number of sulfonamides is 1. The summed E-state index contributed by atoms with van der Waals surface area (Å²) >= 11 is 0. The van der Waals surface area contributed by atoms with Gasteiger partial charge in [0.05, 0.1) is 4.90 Å². The van der Waals surface area contributed by atoms with Crippen molar-refractivity contribution < 1.29 is 8.42 Å². The van der Waals surface area contributed by atoms with Gasteiger partial charge in [-0.15, -0.1) is 0 Å². The zero-order chi connectivity index (χ0) is 14.0. The second kappa shape index (κ2) is 5.32. The van der Waals surface area contributed by atoms with E-state index in [1.165, 1.54) is 18.4 Å². The Hall–Kier alpha value is -1.37. The lowest BCUT2D eigenvalue weighted by Crippen LogP contribution is -2.22. The molecule has 0 aliphatic carbocycles. The Kier molecular flexibility index (Phi) is 3.93. The maximum Gasteiger partial charge on any atom is 0.242 e. The number of nitrogens with one attached hydrogen (secondary N) is 1. The van der Waals surface area contributed by atoms with Crippen molar-refractivity contribution in [3.8, 4) is 0 Å². The summed E-state index contributed by atoms with van der Waals surface area (Å²) in [7, 11) is -0.321. The first kappa shape index (κ1) is 14.0. The molecule has 0 atom stereocenters. The molecule has 0 spiro atoms. The Labute approximate surface area is 113 Å². The van der Waals surface area contributed by atoms with Gasteiger partial charge in [0.25, 0.3) is 0 Å². The van der Waals surface area contributed by atoms with Crippen molar-refractivity contribution in [3.63, 3.8) is 0 Å². The molecule has 0 fully saturated rings. The predicted molar refractivity (Wildman–Crippen MR) is 76.5 cm³/mol. The summed E-state index contributed by atoms with van der Waals surface area (Å²) in [5.41, 5.74) is 7.57. The van der Waals surface area contributed by atoms with Crippen LogP contribution in [0.15, 0.2) is 29.3 Å². The molecule has 1 heterocycles. The fraction of sp³-hybridized carbons (Fsp3) is 0.385. The van der Waals surface area contributed by atoms with Crippen LogP contribution in [-0.2, 0) is 16.4 Å². The zero-order valence-corrected chi connectivity index (χ0v) is 12.0. The van der Waals surface area contributed by atoms with Crippen LogP contribution in [0, 0.1) is 0 Å². The number of rotatable bonds is 5. The first-order chi connectivity index (χ1) is 8.96. The number of fused-ring (bicyclic) bond motifs is 1. The van der Waals surface area contributed by atoms with Crippen LogP contribution in [0.3, 0.4) is 0 Å². The van der Waals surface area contributed by atoms with Gasteiger partial charge in [-0.05, 0) is 43.1 Å². The molecule has 0 aliphatic rings. The van der Waals surface area contributed by atoms with Crippen molar-refractivity contribution in [2.24, 2.45) is 5.73 Å². The van der Waals surface area contributed by atoms with Crippen LogP contribution in [0.4, 0.5) is 0 Å². The van der Waals surface area contributed by atoms with Crippen molar-refractivity contribution in [2.75, 3.05) is 20.6 Å². The first-order valence-corrected chi connectivity index (χ1v) is 7.63. The maximum absolute atomic E-state index is 12.1. The van der Waals surface area contributed by atoms with Crippen molar-refractivity contribution in [3.05, 3.63) is 30.0 Å². The SMILES string of the molecule is CN(C)S(=O)(=O)c1ccc2[nH]cc(CCCN)c2c1. The minimum atomic E-state index is -3.39. The molecule has 19 heavy (non-hydrogen) atoms. The number of hydrogen-bond donors (Lipinski definition) is 2. The number of aryl methyl sites for hydroxylation is 1. The summed E-state index contributed by atoms with van der Waals surface area (Å²) in [6.07, 6.45) is 3.66. The highest BCUT2D eigenvalue weighted by Crippen LogP contribution is 2.24. The first-order valence-electron chi connectivity index (χ1n) is 6.19. The van der Waals surface area contributed by atoms with Crippen LogP contribution >= 0.6 is 0 Å². The van der Waals surface area contributed by atoms with Gasteiger partial charge in [0.1, 0.15) is 0 Å². The number of aromatic nitrogens is 1. The van der Waals surface area contributed by atoms with Crippen molar-refractivity contribution >= 4 is 20.9 Å². The van der Waals surface area contributed by atoms with Gasteiger partial charge in [0.15, 0.2) is 0 Å². The van der Waals surface area contributed by atoms with Gasteiger partial charge >= 0.3 is 0 Å². The quantitative estimate of drug-likeness (QED) is 0.867. The van der Waals surface area contributed by atoms with E-state index in [0.29, 0.717) is 11.4 Å². The predicted octanol–water partition coefficient (Wildman–Crippen LogP) is 1.31. The van der Waals surface area contributed by atoms with Crippen LogP contribution in [-0.4, -0.2) is 38.3 Å². The number of H-pyrrole nitrogens is 1. The molecule has 6 heteroatoms. The van der Waals surface area contributed by atoms with Crippen LogP contribution in [0.1, 0.15) is 12.0 Å². The molecule has 0 bridgehead atoms. The largest absolute Gasteiger partial charge is 0.361 e. The molecule has 0 saturated carbocycles. The molecular weight excluding hydrogens is 262 g/mol. The topological polar surface area (TPSA) is 79.2 Å². The number of hydrogen-bond acceptors (Lipinski definition) is 3. The fourth-order valence-corrected chi connectivity index (χ4v) is 2.96. The molecule has 0 unspecified atom stereocenters.